The molecule has 2 aliphatic heterocycles. The lowest BCUT2D eigenvalue weighted by Gasteiger charge is -2.30. The topological polar surface area (TPSA) is 3.24 Å². The van der Waals surface area contributed by atoms with Crippen LogP contribution < -0.4 is 0 Å². The van der Waals surface area contributed by atoms with E-state index in [1.807, 2.05) is 13.8 Å². The molecule has 0 N–H and O–H groups in total. The van der Waals surface area contributed by atoms with Crippen LogP contribution in [0.3, 0.4) is 0 Å². The monoisotopic (exact) mass is 219 g/mol. The van der Waals surface area contributed by atoms with Crippen LogP contribution in [0.15, 0.2) is 0 Å². The van der Waals surface area contributed by atoms with Gasteiger partial charge in [-0.05, 0) is 32.2 Å². The van der Waals surface area contributed by atoms with E-state index >= 15 is 0 Å². The summed E-state index contributed by atoms with van der Waals surface area (Å²) in [6.45, 7) is 7.80. The third kappa shape index (κ3) is 2.32. The van der Waals surface area contributed by atoms with Gasteiger partial charge in [0.05, 0.1) is 0 Å². The molecule has 0 aromatic rings. The molecule has 3 heteroatoms. The van der Waals surface area contributed by atoms with E-state index in [9.17, 15) is 8.78 Å². The Bertz CT molecular complexity index is 196. The average Bonchev–Trinajstić information content (AvgIpc) is 2.76. The summed E-state index contributed by atoms with van der Waals surface area (Å²) in [6, 6.07) is 0. The fraction of sp³-hybridized carbons (Fsp3) is 1.00. The number of nitrogens with zero attached hydrogens (tertiary/aromatic N) is 1. The zero-order valence-corrected chi connectivity index (χ0v) is 10.1. The molecule has 90 valence electrons. The Morgan fingerprint density at radius 3 is 2.53 bits per heavy atom. The van der Waals surface area contributed by atoms with E-state index in [2.05, 4.69) is 11.8 Å². The standard InChI is InChI=1S/C10H17F2N.C2H6/c1-2-10-4-3-5-13(10)7-8(6-10)9(11)12;1-2/h8-9H,2-7H2,1H3;1-2H3/t8-,10+;/m0./s1. The van der Waals surface area contributed by atoms with Gasteiger partial charge < -0.3 is 0 Å². The van der Waals surface area contributed by atoms with Crippen molar-refractivity contribution in [2.45, 2.75) is 58.4 Å². The number of hydrogen-bond donors (Lipinski definition) is 0. The van der Waals surface area contributed by atoms with Gasteiger partial charge in [-0.3, -0.25) is 4.90 Å². The van der Waals surface area contributed by atoms with Gasteiger partial charge in [0, 0.05) is 18.0 Å². The first-order valence-electron chi connectivity index (χ1n) is 6.21. The first-order valence-corrected chi connectivity index (χ1v) is 6.21. The highest BCUT2D eigenvalue weighted by Crippen LogP contribution is 2.45. The third-order valence-electron chi connectivity index (χ3n) is 3.85. The van der Waals surface area contributed by atoms with Crippen molar-refractivity contribution in [2.24, 2.45) is 5.92 Å². The van der Waals surface area contributed by atoms with Gasteiger partial charge in [0.15, 0.2) is 0 Å². The van der Waals surface area contributed by atoms with Crippen LogP contribution in [0.5, 0.6) is 0 Å². The molecule has 0 bridgehead atoms. The summed E-state index contributed by atoms with van der Waals surface area (Å²) in [6.07, 6.45) is 1.97. The SMILES string of the molecule is CC.CC[C@]12CCCN1C[C@@H](C(F)F)C2. The predicted octanol–water partition coefficient (Wildman–Crippen LogP) is 3.54. The molecule has 0 amide bonds. The molecule has 0 saturated carbocycles. The van der Waals surface area contributed by atoms with E-state index in [0.717, 1.165) is 25.8 Å². The van der Waals surface area contributed by atoms with Crippen molar-refractivity contribution in [1.29, 1.82) is 0 Å². The van der Waals surface area contributed by atoms with E-state index in [1.54, 1.807) is 0 Å². The predicted molar refractivity (Wildman–Crippen MR) is 59.3 cm³/mol. The molecule has 0 radical (unpaired) electrons. The van der Waals surface area contributed by atoms with Crippen LogP contribution in [-0.4, -0.2) is 30.0 Å². The number of fused-ring (bicyclic) bond motifs is 1. The summed E-state index contributed by atoms with van der Waals surface area (Å²) in [7, 11) is 0. The molecule has 0 unspecified atom stereocenters. The zero-order chi connectivity index (χ0) is 11.5. The van der Waals surface area contributed by atoms with Crippen LogP contribution in [0.25, 0.3) is 0 Å². The van der Waals surface area contributed by atoms with E-state index in [-0.39, 0.29) is 11.5 Å². The molecule has 2 rings (SSSR count). The van der Waals surface area contributed by atoms with Crippen molar-refractivity contribution in [2.75, 3.05) is 13.1 Å². The molecule has 2 fully saturated rings. The molecule has 0 aromatic heterocycles. The van der Waals surface area contributed by atoms with Crippen molar-refractivity contribution >= 4 is 0 Å². The molecule has 2 heterocycles. The zero-order valence-electron chi connectivity index (χ0n) is 10.1. The Morgan fingerprint density at radius 2 is 2.07 bits per heavy atom. The highest BCUT2D eigenvalue weighted by atomic mass is 19.3. The molecule has 0 spiro atoms. The van der Waals surface area contributed by atoms with Crippen molar-refractivity contribution in [3.8, 4) is 0 Å². The van der Waals surface area contributed by atoms with E-state index in [1.165, 1.54) is 6.42 Å². The molecule has 2 saturated heterocycles. The normalized spacial score (nSPS) is 35.2. The minimum atomic E-state index is -2.12. The lowest BCUT2D eigenvalue weighted by Crippen LogP contribution is -2.37. The smallest absolute Gasteiger partial charge is 0.242 e. The maximum atomic E-state index is 12.5. The second kappa shape index (κ2) is 5.24. The quantitative estimate of drug-likeness (QED) is 0.686. The number of alkyl halides is 2. The van der Waals surface area contributed by atoms with Crippen LogP contribution in [0.4, 0.5) is 8.78 Å². The van der Waals surface area contributed by atoms with Gasteiger partial charge in [0.2, 0.25) is 6.43 Å². The maximum Gasteiger partial charge on any atom is 0.242 e. The van der Waals surface area contributed by atoms with Crippen LogP contribution in [0.2, 0.25) is 0 Å². The fourth-order valence-electron chi connectivity index (χ4n) is 3.06. The number of halogens is 2. The Kier molecular flexibility index (Phi) is 4.50. The Balaban J connectivity index is 0.000000531. The molecular formula is C12H23F2N. The molecule has 2 atom stereocenters. The van der Waals surface area contributed by atoms with Crippen molar-refractivity contribution < 1.29 is 8.78 Å². The minimum absolute atomic E-state index is 0.154. The highest BCUT2D eigenvalue weighted by Gasteiger charge is 2.49. The Hall–Kier alpha value is -0.180. The van der Waals surface area contributed by atoms with Crippen LogP contribution >= 0.6 is 0 Å². The Morgan fingerprint density at radius 1 is 1.40 bits per heavy atom. The van der Waals surface area contributed by atoms with Gasteiger partial charge in [-0.2, -0.15) is 0 Å². The highest BCUT2D eigenvalue weighted by molar-refractivity contribution is 5.02. The maximum absolute atomic E-state index is 12.5. The lowest BCUT2D eigenvalue weighted by atomic mass is 9.88. The summed E-state index contributed by atoms with van der Waals surface area (Å²) in [5, 5.41) is 0. The summed E-state index contributed by atoms with van der Waals surface area (Å²) in [5.41, 5.74) is 0.154. The van der Waals surface area contributed by atoms with Crippen molar-refractivity contribution in [3.63, 3.8) is 0 Å². The summed E-state index contributed by atoms with van der Waals surface area (Å²) >= 11 is 0. The van der Waals surface area contributed by atoms with Gasteiger partial charge in [-0.15, -0.1) is 0 Å². The van der Waals surface area contributed by atoms with Crippen molar-refractivity contribution in [3.05, 3.63) is 0 Å². The third-order valence-corrected chi connectivity index (χ3v) is 3.85. The first kappa shape index (κ1) is 12.9. The van der Waals surface area contributed by atoms with Gasteiger partial charge in [-0.25, -0.2) is 8.78 Å². The molecule has 1 nitrogen and oxygen atoms in total. The summed E-state index contributed by atoms with van der Waals surface area (Å²) in [4.78, 5) is 2.30. The molecule has 2 aliphatic rings. The van der Waals surface area contributed by atoms with E-state index in [0.29, 0.717) is 6.54 Å². The summed E-state index contributed by atoms with van der Waals surface area (Å²) < 4.78 is 25.1. The average molecular weight is 219 g/mol. The number of rotatable bonds is 2. The van der Waals surface area contributed by atoms with Gasteiger partial charge in [-0.1, -0.05) is 20.8 Å². The molecular weight excluding hydrogens is 196 g/mol. The van der Waals surface area contributed by atoms with Gasteiger partial charge in [0.1, 0.15) is 0 Å². The van der Waals surface area contributed by atoms with Crippen LogP contribution in [-0.2, 0) is 0 Å². The van der Waals surface area contributed by atoms with E-state index in [4.69, 9.17) is 0 Å². The second-order valence-electron chi connectivity index (χ2n) is 4.43. The molecule has 15 heavy (non-hydrogen) atoms. The van der Waals surface area contributed by atoms with Crippen LogP contribution in [0.1, 0.15) is 46.5 Å². The molecule has 0 aromatic carbocycles. The first-order chi connectivity index (χ1) is 7.18. The van der Waals surface area contributed by atoms with Crippen LogP contribution in [0, 0.1) is 5.92 Å². The van der Waals surface area contributed by atoms with Crippen molar-refractivity contribution in [1.82, 2.24) is 4.90 Å². The van der Waals surface area contributed by atoms with Gasteiger partial charge in [0.25, 0.3) is 0 Å². The Labute approximate surface area is 91.8 Å². The van der Waals surface area contributed by atoms with Gasteiger partial charge >= 0.3 is 0 Å². The second-order valence-corrected chi connectivity index (χ2v) is 4.43. The van der Waals surface area contributed by atoms with E-state index < -0.39 is 6.43 Å². The number of hydrogen-bond acceptors (Lipinski definition) is 1. The lowest BCUT2D eigenvalue weighted by molar-refractivity contribution is 0.0799. The fourth-order valence-corrected chi connectivity index (χ4v) is 3.06. The molecule has 0 aliphatic carbocycles. The minimum Gasteiger partial charge on any atom is -0.297 e. The largest absolute Gasteiger partial charge is 0.297 e. The summed E-state index contributed by atoms with van der Waals surface area (Å²) in [5.74, 6) is -0.361.